The molecule has 0 aliphatic heterocycles. The standard InChI is InChI=1S/C20H19FN6O3/c1-4-11(3)27-16-12(7-22)13(21)5-6-14(16)26-9-23-15(17(26)20(27)29)18-24-19(30-25-18)10(2)8-28/h5-6,9-11,28H,4,8H2,1-3H3. The van der Waals surface area contributed by atoms with Crippen LogP contribution in [0.4, 0.5) is 4.39 Å². The Morgan fingerprint density at radius 1 is 1.33 bits per heavy atom. The summed E-state index contributed by atoms with van der Waals surface area (Å²) >= 11 is 0. The number of hydrogen-bond acceptors (Lipinski definition) is 7. The Morgan fingerprint density at radius 2 is 2.10 bits per heavy atom. The van der Waals surface area contributed by atoms with Crippen LogP contribution in [0.1, 0.15) is 50.6 Å². The van der Waals surface area contributed by atoms with E-state index in [2.05, 4.69) is 15.1 Å². The van der Waals surface area contributed by atoms with Gasteiger partial charge >= 0.3 is 0 Å². The van der Waals surface area contributed by atoms with Crippen LogP contribution < -0.4 is 5.56 Å². The lowest BCUT2D eigenvalue weighted by Gasteiger charge is -2.18. The Labute approximate surface area is 170 Å². The highest BCUT2D eigenvalue weighted by Gasteiger charge is 2.25. The zero-order valence-electron chi connectivity index (χ0n) is 16.6. The number of fused-ring (bicyclic) bond motifs is 3. The maximum absolute atomic E-state index is 14.4. The van der Waals surface area contributed by atoms with Gasteiger partial charge in [-0.05, 0) is 25.5 Å². The quantitative estimate of drug-likeness (QED) is 0.537. The van der Waals surface area contributed by atoms with E-state index in [-0.39, 0.29) is 52.6 Å². The van der Waals surface area contributed by atoms with Gasteiger partial charge in [0.05, 0.1) is 23.6 Å². The van der Waals surface area contributed by atoms with E-state index in [0.717, 1.165) is 0 Å². The Kier molecular flexibility index (Phi) is 4.83. The summed E-state index contributed by atoms with van der Waals surface area (Å²) in [5.74, 6) is -0.714. The maximum Gasteiger partial charge on any atom is 0.278 e. The van der Waals surface area contributed by atoms with Gasteiger partial charge in [-0.25, -0.2) is 9.37 Å². The van der Waals surface area contributed by atoms with Crippen molar-refractivity contribution >= 4 is 16.6 Å². The fourth-order valence-corrected chi connectivity index (χ4v) is 3.43. The summed E-state index contributed by atoms with van der Waals surface area (Å²) in [6.07, 6.45) is 2.01. The monoisotopic (exact) mass is 410 g/mol. The Morgan fingerprint density at radius 3 is 2.77 bits per heavy atom. The van der Waals surface area contributed by atoms with E-state index in [9.17, 15) is 19.6 Å². The van der Waals surface area contributed by atoms with E-state index in [4.69, 9.17) is 4.52 Å². The van der Waals surface area contributed by atoms with Crippen molar-refractivity contribution in [1.29, 1.82) is 5.26 Å². The summed E-state index contributed by atoms with van der Waals surface area (Å²) in [6.45, 7) is 5.29. The van der Waals surface area contributed by atoms with Crippen LogP contribution in [-0.4, -0.2) is 35.8 Å². The predicted molar refractivity (Wildman–Crippen MR) is 105 cm³/mol. The van der Waals surface area contributed by atoms with Crippen LogP contribution in [0.5, 0.6) is 0 Å². The molecular weight excluding hydrogens is 391 g/mol. The van der Waals surface area contributed by atoms with Crippen molar-refractivity contribution < 1.29 is 14.0 Å². The van der Waals surface area contributed by atoms with Crippen molar-refractivity contribution in [2.75, 3.05) is 6.61 Å². The normalized spacial score (nSPS) is 13.6. The van der Waals surface area contributed by atoms with E-state index < -0.39 is 11.4 Å². The lowest BCUT2D eigenvalue weighted by Crippen LogP contribution is -2.26. The molecule has 30 heavy (non-hydrogen) atoms. The lowest BCUT2D eigenvalue weighted by molar-refractivity contribution is 0.242. The van der Waals surface area contributed by atoms with Crippen LogP contribution in [0.25, 0.3) is 28.1 Å². The first-order valence-corrected chi connectivity index (χ1v) is 9.51. The van der Waals surface area contributed by atoms with Crippen LogP contribution in [-0.2, 0) is 0 Å². The summed E-state index contributed by atoms with van der Waals surface area (Å²) < 4.78 is 22.5. The molecule has 0 amide bonds. The van der Waals surface area contributed by atoms with E-state index >= 15 is 0 Å². The van der Waals surface area contributed by atoms with Crippen molar-refractivity contribution in [3.63, 3.8) is 0 Å². The summed E-state index contributed by atoms with van der Waals surface area (Å²) in [6, 6.07) is 4.29. The van der Waals surface area contributed by atoms with Gasteiger partial charge in [0.25, 0.3) is 5.56 Å². The molecule has 0 spiro atoms. The Hall–Kier alpha value is -3.58. The second-order valence-corrected chi connectivity index (χ2v) is 7.19. The minimum absolute atomic E-state index is 0.113. The van der Waals surface area contributed by atoms with Crippen molar-refractivity contribution in [1.82, 2.24) is 24.1 Å². The van der Waals surface area contributed by atoms with Crippen LogP contribution in [0.15, 0.2) is 27.8 Å². The maximum atomic E-state index is 14.4. The van der Waals surface area contributed by atoms with Crippen LogP contribution in [0.3, 0.4) is 0 Å². The largest absolute Gasteiger partial charge is 0.396 e. The minimum atomic E-state index is -0.693. The first-order chi connectivity index (χ1) is 14.4. The molecule has 2 unspecified atom stereocenters. The van der Waals surface area contributed by atoms with Gasteiger partial charge in [-0.1, -0.05) is 19.0 Å². The lowest BCUT2D eigenvalue weighted by atomic mass is 10.1. The molecule has 1 aromatic carbocycles. The van der Waals surface area contributed by atoms with Crippen molar-refractivity contribution in [2.24, 2.45) is 0 Å². The van der Waals surface area contributed by atoms with Gasteiger partial charge in [0.15, 0.2) is 0 Å². The number of rotatable bonds is 5. The second kappa shape index (κ2) is 7.35. The molecule has 0 aliphatic rings. The van der Waals surface area contributed by atoms with E-state index in [1.165, 1.54) is 27.4 Å². The van der Waals surface area contributed by atoms with Crippen LogP contribution >= 0.6 is 0 Å². The molecule has 0 saturated heterocycles. The van der Waals surface area contributed by atoms with Crippen molar-refractivity contribution in [2.45, 2.75) is 39.2 Å². The van der Waals surface area contributed by atoms with Crippen molar-refractivity contribution in [3.8, 4) is 17.6 Å². The topological polar surface area (TPSA) is 122 Å². The molecule has 3 heterocycles. The number of nitriles is 1. The zero-order valence-corrected chi connectivity index (χ0v) is 16.6. The molecule has 0 fully saturated rings. The molecule has 2 atom stereocenters. The first kappa shape index (κ1) is 19.7. The van der Waals surface area contributed by atoms with Gasteiger partial charge in [-0.2, -0.15) is 10.2 Å². The highest BCUT2D eigenvalue weighted by atomic mass is 19.1. The van der Waals surface area contributed by atoms with E-state index in [1.54, 1.807) is 6.92 Å². The van der Waals surface area contributed by atoms with Gasteiger partial charge < -0.3 is 14.2 Å². The van der Waals surface area contributed by atoms with Crippen LogP contribution in [0.2, 0.25) is 0 Å². The third-order valence-electron chi connectivity index (χ3n) is 5.29. The fourth-order valence-electron chi connectivity index (χ4n) is 3.43. The van der Waals surface area contributed by atoms with E-state index in [1.807, 2.05) is 19.9 Å². The smallest absolute Gasteiger partial charge is 0.278 e. The molecule has 4 aromatic rings. The number of hydrogen-bond donors (Lipinski definition) is 1. The highest BCUT2D eigenvalue weighted by Crippen LogP contribution is 2.28. The molecule has 10 heteroatoms. The zero-order chi connectivity index (χ0) is 21.6. The third-order valence-corrected chi connectivity index (χ3v) is 5.29. The van der Waals surface area contributed by atoms with Gasteiger partial charge in [0.1, 0.15) is 35.0 Å². The number of imidazole rings is 1. The summed E-state index contributed by atoms with van der Waals surface area (Å²) in [5.41, 5.74) is 0.461. The Balaban J connectivity index is 2.12. The molecule has 9 nitrogen and oxygen atoms in total. The number of aliphatic hydroxyl groups is 1. The number of halogens is 1. The SMILES string of the molecule is CCC(C)n1c(=O)c2c(-c3noc(C(C)CO)n3)ncn2c2ccc(F)c(C#N)c21. The van der Waals surface area contributed by atoms with Gasteiger partial charge in [-0.3, -0.25) is 9.20 Å². The molecule has 4 rings (SSSR count). The highest BCUT2D eigenvalue weighted by molar-refractivity contribution is 5.87. The van der Waals surface area contributed by atoms with Gasteiger partial charge in [0.2, 0.25) is 11.7 Å². The number of aliphatic hydroxyl groups excluding tert-OH is 1. The van der Waals surface area contributed by atoms with Gasteiger partial charge in [-0.15, -0.1) is 0 Å². The molecule has 3 aromatic heterocycles. The first-order valence-electron chi connectivity index (χ1n) is 9.51. The van der Waals surface area contributed by atoms with Crippen molar-refractivity contribution in [3.05, 3.63) is 46.1 Å². The van der Waals surface area contributed by atoms with Crippen LogP contribution in [0, 0.1) is 17.1 Å². The average molecular weight is 410 g/mol. The second-order valence-electron chi connectivity index (χ2n) is 7.19. The fraction of sp³-hybridized carbons (Fsp3) is 0.350. The molecule has 0 saturated carbocycles. The van der Waals surface area contributed by atoms with E-state index in [0.29, 0.717) is 11.9 Å². The minimum Gasteiger partial charge on any atom is -0.396 e. The molecular formula is C20H19FN6O3. The molecule has 1 N–H and O–H groups in total. The third kappa shape index (κ3) is 2.78. The number of aromatic nitrogens is 5. The summed E-state index contributed by atoms with van der Waals surface area (Å²) in [7, 11) is 0. The summed E-state index contributed by atoms with van der Waals surface area (Å²) in [4.78, 5) is 22.1. The number of nitrogens with zero attached hydrogens (tertiary/aromatic N) is 6. The number of benzene rings is 1. The molecule has 154 valence electrons. The molecule has 0 radical (unpaired) electrons. The summed E-state index contributed by atoms with van der Waals surface area (Å²) in [5, 5.41) is 22.7. The molecule has 0 aliphatic carbocycles. The predicted octanol–water partition coefficient (Wildman–Crippen LogP) is 2.78. The average Bonchev–Trinajstić information content (AvgIpc) is 3.40. The van der Waals surface area contributed by atoms with Gasteiger partial charge in [0, 0.05) is 6.04 Å². The molecule has 0 bridgehead atoms. The Bertz CT molecular complexity index is 1360.